The molecule has 0 radical (unpaired) electrons. The topological polar surface area (TPSA) is 78.9 Å². The molecule has 59 heavy (non-hydrogen) atoms. The van der Waals surface area contributed by atoms with E-state index in [0.717, 1.165) is 109 Å². The Bertz CT molecular complexity index is 1170. The summed E-state index contributed by atoms with van der Waals surface area (Å²) in [6.07, 6.45) is 59.9. The summed E-state index contributed by atoms with van der Waals surface area (Å²) in [4.78, 5) is 37.9. The summed E-state index contributed by atoms with van der Waals surface area (Å²) in [6.45, 7) is 6.32. The van der Waals surface area contributed by atoms with Crippen molar-refractivity contribution in [2.45, 2.75) is 219 Å². The number of carbonyl (C=O) groups is 3. The lowest BCUT2D eigenvalue weighted by Gasteiger charge is -2.18. The zero-order valence-electron chi connectivity index (χ0n) is 38.2. The van der Waals surface area contributed by atoms with Crippen molar-refractivity contribution in [1.29, 1.82) is 0 Å². The van der Waals surface area contributed by atoms with Crippen LogP contribution < -0.4 is 0 Å². The van der Waals surface area contributed by atoms with Gasteiger partial charge in [0.15, 0.2) is 6.10 Å². The Labute approximate surface area is 363 Å². The third-order valence-electron chi connectivity index (χ3n) is 10.1. The highest BCUT2D eigenvalue weighted by molar-refractivity contribution is 5.71. The minimum atomic E-state index is -0.794. The van der Waals surface area contributed by atoms with E-state index in [4.69, 9.17) is 14.2 Å². The molecule has 0 aromatic rings. The van der Waals surface area contributed by atoms with Crippen molar-refractivity contribution in [3.05, 3.63) is 85.1 Å². The SMILES string of the molecule is CC/C=C/C=C/C=C/C=C/CCCCCCCC(=O)OCC(COC(=O)CCCCCCCCCCCCCCC)OC(=O)CCCCCCC/C=C/C=C/C=C/CC. The Morgan fingerprint density at radius 2 is 0.661 bits per heavy atom. The molecule has 1 unspecified atom stereocenters. The highest BCUT2D eigenvalue weighted by atomic mass is 16.6. The molecule has 0 aliphatic rings. The van der Waals surface area contributed by atoms with E-state index in [9.17, 15) is 14.4 Å². The minimum absolute atomic E-state index is 0.0921. The molecule has 0 N–H and O–H groups in total. The fourth-order valence-corrected chi connectivity index (χ4v) is 6.45. The van der Waals surface area contributed by atoms with Gasteiger partial charge in [0, 0.05) is 19.3 Å². The minimum Gasteiger partial charge on any atom is -0.462 e. The number of allylic oxidation sites excluding steroid dienone is 14. The lowest BCUT2D eigenvalue weighted by atomic mass is 10.0. The second-order valence-electron chi connectivity index (χ2n) is 15.8. The van der Waals surface area contributed by atoms with Crippen molar-refractivity contribution in [3.8, 4) is 0 Å². The highest BCUT2D eigenvalue weighted by Gasteiger charge is 2.19. The number of unbranched alkanes of at least 4 members (excludes halogenated alkanes) is 22. The second kappa shape index (κ2) is 47.3. The standard InChI is InChI=1S/C53H88O6/c1-4-7-10-13-16-19-22-25-26-29-31-34-37-40-43-46-52(55)58-49-50(59-53(56)47-44-41-38-35-32-28-24-21-18-15-12-9-6-3)48-57-51(54)45-42-39-36-33-30-27-23-20-17-14-11-8-5-2/h7,9-10,12-13,15-16,18-19,21-22,24-26,50H,4-6,8,11,14,17,20,23,27-49H2,1-3H3/b10-7+,12-9+,16-13+,18-15+,22-19+,24-21+,26-25+. The van der Waals surface area contributed by atoms with Crippen LogP contribution in [0.4, 0.5) is 0 Å². The van der Waals surface area contributed by atoms with Crippen molar-refractivity contribution >= 4 is 17.9 Å². The number of hydrogen-bond acceptors (Lipinski definition) is 6. The molecule has 0 saturated carbocycles. The van der Waals surface area contributed by atoms with Crippen molar-refractivity contribution in [2.24, 2.45) is 0 Å². The van der Waals surface area contributed by atoms with Crippen LogP contribution in [0.1, 0.15) is 213 Å². The summed E-state index contributed by atoms with van der Waals surface area (Å²) in [7, 11) is 0. The van der Waals surface area contributed by atoms with Crippen LogP contribution in [0.5, 0.6) is 0 Å². The van der Waals surface area contributed by atoms with Crippen molar-refractivity contribution in [2.75, 3.05) is 13.2 Å². The number of hydrogen-bond donors (Lipinski definition) is 0. The van der Waals surface area contributed by atoms with Crippen LogP contribution in [0, 0.1) is 0 Å². The fraction of sp³-hybridized carbons (Fsp3) is 0.679. The first-order valence-corrected chi connectivity index (χ1v) is 24.2. The maximum atomic E-state index is 12.7. The van der Waals surface area contributed by atoms with E-state index < -0.39 is 6.10 Å². The van der Waals surface area contributed by atoms with Crippen LogP contribution in [0.3, 0.4) is 0 Å². The quantitative estimate of drug-likeness (QED) is 0.0264. The van der Waals surface area contributed by atoms with Crippen LogP contribution >= 0.6 is 0 Å². The van der Waals surface area contributed by atoms with E-state index in [-0.39, 0.29) is 31.1 Å². The van der Waals surface area contributed by atoms with E-state index >= 15 is 0 Å². The van der Waals surface area contributed by atoms with Gasteiger partial charge in [0.05, 0.1) is 0 Å². The van der Waals surface area contributed by atoms with Crippen molar-refractivity contribution in [1.82, 2.24) is 0 Å². The highest BCUT2D eigenvalue weighted by Crippen LogP contribution is 2.14. The third-order valence-corrected chi connectivity index (χ3v) is 10.1. The van der Waals surface area contributed by atoms with Crippen LogP contribution in [-0.2, 0) is 28.6 Å². The summed E-state index contributed by atoms with van der Waals surface area (Å²) in [5, 5.41) is 0. The van der Waals surface area contributed by atoms with Gasteiger partial charge in [-0.15, -0.1) is 0 Å². The summed E-state index contributed by atoms with van der Waals surface area (Å²) in [6, 6.07) is 0. The molecule has 0 aliphatic heterocycles. The predicted octanol–water partition coefficient (Wildman–Crippen LogP) is 15.6. The largest absolute Gasteiger partial charge is 0.462 e. The molecule has 336 valence electrons. The van der Waals surface area contributed by atoms with Crippen molar-refractivity contribution < 1.29 is 28.6 Å². The number of carbonyl (C=O) groups excluding carboxylic acids is 3. The van der Waals surface area contributed by atoms with Gasteiger partial charge in [0.25, 0.3) is 0 Å². The van der Waals surface area contributed by atoms with Gasteiger partial charge < -0.3 is 14.2 Å². The lowest BCUT2D eigenvalue weighted by Crippen LogP contribution is -2.30. The van der Waals surface area contributed by atoms with Crippen LogP contribution in [0.2, 0.25) is 0 Å². The Morgan fingerprint density at radius 3 is 1.03 bits per heavy atom. The first kappa shape index (κ1) is 55.6. The maximum Gasteiger partial charge on any atom is 0.306 e. The molecular formula is C53H88O6. The average Bonchev–Trinajstić information content (AvgIpc) is 3.23. The first-order valence-electron chi connectivity index (χ1n) is 24.2. The Kier molecular flexibility index (Phi) is 44.5. The number of ether oxygens (including phenoxy) is 3. The van der Waals surface area contributed by atoms with Gasteiger partial charge in [0.2, 0.25) is 0 Å². The molecule has 0 bridgehead atoms. The Balaban J connectivity index is 4.46. The summed E-state index contributed by atoms with van der Waals surface area (Å²) in [5.41, 5.74) is 0. The first-order chi connectivity index (χ1) is 29.0. The maximum absolute atomic E-state index is 12.7. The lowest BCUT2D eigenvalue weighted by molar-refractivity contribution is -0.167. The molecular weight excluding hydrogens is 733 g/mol. The van der Waals surface area contributed by atoms with Crippen LogP contribution in [0.25, 0.3) is 0 Å². The molecule has 0 fully saturated rings. The summed E-state index contributed by atoms with van der Waals surface area (Å²) in [5.74, 6) is -0.940. The molecule has 0 heterocycles. The van der Waals surface area contributed by atoms with Crippen molar-refractivity contribution in [3.63, 3.8) is 0 Å². The van der Waals surface area contributed by atoms with Gasteiger partial charge in [-0.2, -0.15) is 0 Å². The zero-order chi connectivity index (χ0) is 43.0. The van der Waals surface area contributed by atoms with E-state index in [1.165, 1.54) is 64.2 Å². The zero-order valence-corrected chi connectivity index (χ0v) is 38.2. The molecule has 0 aromatic carbocycles. The summed E-state index contributed by atoms with van der Waals surface area (Å²) >= 11 is 0. The van der Waals surface area contributed by atoms with Gasteiger partial charge in [-0.1, -0.05) is 221 Å². The molecule has 0 aromatic heterocycles. The average molecular weight is 821 g/mol. The predicted molar refractivity (Wildman–Crippen MR) is 251 cm³/mol. The molecule has 0 spiro atoms. The Morgan fingerprint density at radius 1 is 0.356 bits per heavy atom. The van der Waals surface area contributed by atoms with Gasteiger partial charge in [-0.3, -0.25) is 14.4 Å². The van der Waals surface area contributed by atoms with E-state index in [2.05, 4.69) is 87.6 Å². The van der Waals surface area contributed by atoms with E-state index in [0.29, 0.717) is 19.3 Å². The Hall–Kier alpha value is -3.41. The van der Waals surface area contributed by atoms with Crippen LogP contribution in [0.15, 0.2) is 85.1 Å². The van der Waals surface area contributed by atoms with E-state index in [1.807, 2.05) is 18.2 Å². The number of rotatable bonds is 42. The monoisotopic (exact) mass is 821 g/mol. The van der Waals surface area contributed by atoms with Gasteiger partial charge in [-0.25, -0.2) is 0 Å². The van der Waals surface area contributed by atoms with Gasteiger partial charge in [0.1, 0.15) is 13.2 Å². The second-order valence-corrected chi connectivity index (χ2v) is 15.8. The smallest absolute Gasteiger partial charge is 0.306 e. The van der Waals surface area contributed by atoms with E-state index in [1.54, 1.807) is 0 Å². The molecule has 0 saturated heterocycles. The molecule has 0 aliphatic carbocycles. The summed E-state index contributed by atoms with van der Waals surface area (Å²) < 4.78 is 16.7. The molecule has 0 amide bonds. The van der Waals surface area contributed by atoms with Crippen LogP contribution in [-0.4, -0.2) is 37.2 Å². The molecule has 6 nitrogen and oxygen atoms in total. The van der Waals surface area contributed by atoms with Gasteiger partial charge >= 0.3 is 17.9 Å². The number of esters is 3. The molecule has 1 atom stereocenters. The van der Waals surface area contributed by atoms with Gasteiger partial charge in [-0.05, 0) is 57.8 Å². The molecule has 0 rings (SSSR count). The fourth-order valence-electron chi connectivity index (χ4n) is 6.45. The third kappa shape index (κ3) is 45.5. The normalized spacial score (nSPS) is 12.8. The molecule has 6 heteroatoms.